The van der Waals surface area contributed by atoms with Gasteiger partial charge in [-0.25, -0.2) is 0 Å². The third-order valence-electron chi connectivity index (χ3n) is 1.67. The van der Waals surface area contributed by atoms with Gasteiger partial charge in [-0.15, -0.1) is 0 Å². The first kappa shape index (κ1) is 11.4. The van der Waals surface area contributed by atoms with Gasteiger partial charge >= 0.3 is 0 Å². The van der Waals surface area contributed by atoms with Crippen molar-refractivity contribution < 1.29 is 9.22 Å². The second-order valence-corrected chi connectivity index (χ2v) is 5.35. The molecule has 0 spiro atoms. The molecule has 0 aliphatic carbocycles. The molecule has 1 N–H and O–H groups in total. The zero-order valence-electron chi connectivity index (χ0n) is 7.80. The highest BCUT2D eigenvalue weighted by Gasteiger charge is 2.01. The minimum Gasteiger partial charge on any atom is -0.423 e. The van der Waals surface area contributed by atoms with Crippen LogP contribution >= 0.6 is 0 Å². The normalized spacial score (nSPS) is 12.2. The van der Waals surface area contributed by atoms with E-state index in [9.17, 15) is 4.79 Å². The van der Waals surface area contributed by atoms with E-state index in [1.807, 2.05) is 0 Å². The Morgan fingerprint density at radius 2 is 2.42 bits per heavy atom. The molecule has 0 aromatic heterocycles. The van der Waals surface area contributed by atoms with E-state index >= 15 is 0 Å². The van der Waals surface area contributed by atoms with Crippen LogP contribution in [0.1, 0.15) is 6.42 Å². The highest BCUT2D eigenvalue weighted by molar-refractivity contribution is 6.50. The lowest BCUT2D eigenvalue weighted by molar-refractivity contribution is -0.116. The van der Waals surface area contributed by atoms with Gasteiger partial charge in [0.25, 0.3) is 0 Å². The third-order valence-corrected chi connectivity index (χ3v) is 3.70. The van der Waals surface area contributed by atoms with Crippen molar-refractivity contribution in [2.75, 3.05) is 13.7 Å². The summed E-state index contributed by atoms with van der Waals surface area (Å²) in [5, 5.41) is 2.72. The fourth-order valence-corrected chi connectivity index (χ4v) is 1.81. The Hall–Kier alpha value is -0.613. The maximum Gasteiger partial charge on any atom is 0.243 e. The van der Waals surface area contributed by atoms with Crippen LogP contribution in [0.25, 0.3) is 0 Å². The van der Waals surface area contributed by atoms with Crippen LogP contribution < -0.4 is 5.32 Å². The summed E-state index contributed by atoms with van der Waals surface area (Å²) in [6, 6.07) is 1.11. The fraction of sp³-hybridized carbons (Fsp3) is 0.625. The second kappa shape index (κ2) is 7.06. The van der Waals surface area contributed by atoms with E-state index < -0.39 is 9.04 Å². The zero-order chi connectivity index (χ0) is 9.40. The quantitative estimate of drug-likeness (QED) is 0.377. The highest BCUT2D eigenvalue weighted by Crippen LogP contribution is 1.96. The van der Waals surface area contributed by atoms with Gasteiger partial charge in [-0.05, 0) is 25.1 Å². The summed E-state index contributed by atoms with van der Waals surface area (Å²) in [5.41, 5.74) is 0. The summed E-state index contributed by atoms with van der Waals surface area (Å²) in [5.74, 6) is -0.0956. The van der Waals surface area contributed by atoms with Crippen LogP contribution in [0, 0.1) is 0 Å². The Bertz CT molecular complexity index is 150. The van der Waals surface area contributed by atoms with Gasteiger partial charge in [-0.1, -0.05) is 6.58 Å². The predicted octanol–water partition coefficient (Wildman–Crippen LogP) is 0.679. The minimum atomic E-state index is -0.930. The number of carbonyl (C=O) groups is 1. The Morgan fingerprint density at radius 3 is 2.92 bits per heavy atom. The molecule has 1 atom stereocenters. The van der Waals surface area contributed by atoms with Crippen molar-refractivity contribution in [3.63, 3.8) is 0 Å². The van der Waals surface area contributed by atoms with Gasteiger partial charge in [-0.2, -0.15) is 0 Å². The number of nitrogens with one attached hydrogen (secondary N) is 1. The van der Waals surface area contributed by atoms with Gasteiger partial charge in [-0.3, -0.25) is 4.79 Å². The molecule has 0 heterocycles. The lowest BCUT2D eigenvalue weighted by Gasteiger charge is -2.06. The second-order valence-electron chi connectivity index (χ2n) is 2.68. The van der Waals surface area contributed by atoms with Crippen LogP contribution in [-0.2, 0) is 9.22 Å². The molecule has 0 aliphatic rings. The van der Waals surface area contributed by atoms with Crippen LogP contribution in [0.5, 0.6) is 0 Å². The predicted molar refractivity (Wildman–Crippen MR) is 52.7 cm³/mol. The van der Waals surface area contributed by atoms with Crippen molar-refractivity contribution in [2.24, 2.45) is 0 Å². The Morgan fingerprint density at radius 1 is 1.75 bits per heavy atom. The molecule has 0 radical (unpaired) electrons. The van der Waals surface area contributed by atoms with Crippen molar-refractivity contribution in [3.8, 4) is 0 Å². The molecule has 0 aliphatic heterocycles. The molecular weight excluding hydrogens is 170 g/mol. The number of carbonyl (C=O) groups excluding carboxylic acids is 1. The van der Waals surface area contributed by atoms with Gasteiger partial charge in [0.05, 0.1) is 0 Å². The van der Waals surface area contributed by atoms with Crippen LogP contribution in [0.3, 0.4) is 0 Å². The first-order chi connectivity index (χ1) is 5.70. The van der Waals surface area contributed by atoms with Gasteiger partial charge in [0.15, 0.2) is 9.04 Å². The van der Waals surface area contributed by atoms with Crippen molar-refractivity contribution >= 4 is 14.9 Å². The lowest BCUT2D eigenvalue weighted by Crippen LogP contribution is -2.23. The van der Waals surface area contributed by atoms with Crippen LogP contribution in [0.4, 0.5) is 0 Å². The van der Waals surface area contributed by atoms with Crippen LogP contribution in [0.2, 0.25) is 12.6 Å². The molecule has 0 rings (SSSR count). The maximum atomic E-state index is 10.7. The van der Waals surface area contributed by atoms with Gasteiger partial charge < -0.3 is 9.74 Å². The molecule has 0 aromatic rings. The Balaban J connectivity index is 3.21. The molecule has 0 saturated carbocycles. The van der Waals surface area contributed by atoms with Crippen molar-refractivity contribution in [1.82, 2.24) is 5.32 Å². The standard InChI is InChI=1S/C8H17NO2Si/c1-4-8(10)9-6-5-7-12(3)11-2/h4,12H,1,5-7H2,2-3H3,(H,9,10). The average molecular weight is 187 g/mol. The first-order valence-corrected chi connectivity index (χ1v) is 6.58. The SMILES string of the molecule is C=CC(=O)NCCC[SiH](C)OC. The monoisotopic (exact) mass is 187 g/mol. The lowest BCUT2D eigenvalue weighted by atomic mass is 10.4. The zero-order valence-corrected chi connectivity index (χ0v) is 8.95. The molecule has 0 saturated heterocycles. The largest absolute Gasteiger partial charge is 0.423 e. The molecule has 12 heavy (non-hydrogen) atoms. The Labute approximate surface area is 75.5 Å². The molecule has 4 heteroatoms. The minimum absolute atomic E-state index is 0.0956. The van der Waals surface area contributed by atoms with E-state index in [1.54, 1.807) is 7.11 Å². The molecule has 0 fully saturated rings. The van der Waals surface area contributed by atoms with E-state index in [2.05, 4.69) is 18.4 Å². The summed E-state index contributed by atoms with van der Waals surface area (Å²) in [7, 11) is 0.819. The number of rotatable bonds is 6. The number of hydrogen-bond donors (Lipinski definition) is 1. The van der Waals surface area contributed by atoms with Crippen LogP contribution in [0.15, 0.2) is 12.7 Å². The molecule has 70 valence electrons. The molecular formula is C8H17NO2Si. The van der Waals surface area contributed by atoms with E-state index in [4.69, 9.17) is 4.43 Å². The van der Waals surface area contributed by atoms with E-state index in [1.165, 1.54) is 6.08 Å². The maximum absolute atomic E-state index is 10.7. The summed E-state index contributed by atoms with van der Waals surface area (Å²) in [4.78, 5) is 10.7. The summed E-state index contributed by atoms with van der Waals surface area (Å²) >= 11 is 0. The van der Waals surface area contributed by atoms with Gasteiger partial charge in [0.2, 0.25) is 5.91 Å². The van der Waals surface area contributed by atoms with Crippen molar-refractivity contribution in [1.29, 1.82) is 0 Å². The first-order valence-electron chi connectivity index (χ1n) is 4.13. The average Bonchev–Trinajstić information content (AvgIpc) is 2.11. The van der Waals surface area contributed by atoms with Gasteiger partial charge in [0.1, 0.15) is 0 Å². The molecule has 3 nitrogen and oxygen atoms in total. The number of amides is 1. The smallest absolute Gasteiger partial charge is 0.243 e. The topological polar surface area (TPSA) is 38.3 Å². The highest BCUT2D eigenvalue weighted by atomic mass is 28.3. The Kier molecular flexibility index (Phi) is 6.70. The molecule has 1 unspecified atom stereocenters. The van der Waals surface area contributed by atoms with E-state index in [0.717, 1.165) is 19.0 Å². The molecule has 1 amide bonds. The van der Waals surface area contributed by atoms with Crippen LogP contribution in [-0.4, -0.2) is 28.6 Å². The summed E-state index contributed by atoms with van der Waals surface area (Å²) < 4.78 is 5.19. The molecule has 0 bridgehead atoms. The summed E-state index contributed by atoms with van der Waals surface area (Å²) in [6.07, 6.45) is 2.29. The molecule has 0 aromatic carbocycles. The number of hydrogen-bond acceptors (Lipinski definition) is 2. The van der Waals surface area contributed by atoms with E-state index in [0.29, 0.717) is 0 Å². The van der Waals surface area contributed by atoms with E-state index in [-0.39, 0.29) is 5.91 Å². The summed E-state index contributed by atoms with van der Waals surface area (Å²) in [6.45, 7) is 6.24. The van der Waals surface area contributed by atoms with Gasteiger partial charge in [0, 0.05) is 13.7 Å². The van der Waals surface area contributed by atoms with Crippen molar-refractivity contribution in [3.05, 3.63) is 12.7 Å². The van der Waals surface area contributed by atoms with Crippen molar-refractivity contribution in [2.45, 2.75) is 19.0 Å². The fourth-order valence-electron chi connectivity index (χ4n) is 0.791. The third kappa shape index (κ3) is 6.12.